The third-order valence-electron chi connectivity index (χ3n) is 3.33. The molecule has 0 saturated heterocycles. The van der Waals surface area contributed by atoms with E-state index in [9.17, 15) is 9.50 Å². The summed E-state index contributed by atoms with van der Waals surface area (Å²) in [7, 11) is 1.46. The van der Waals surface area contributed by atoms with Gasteiger partial charge in [0.1, 0.15) is 5.82 Å². The number of rotatable bonds is 4. The lowest BCUT2D eigenvalue weighted by atomic mass is 10.2. The van der Waals surface area contributed by atoms with Gasteiger partial charge in [-0.05, 0) is 36.5 Å². The average Bonchev–Trinajstić information content (AvgIpc) is 2.95. The summed E-state index contributed by atoms with van der Waals surface area (Å²) in [6.45, 7) is 0. The number of aromatic nitrogens is 3. The zero-order valence-electron chi connectivity index (χ0n) is 12.6. The number of halogens is 1. The van der Waals surface area contributed by atoms with Crippen molar-refractivity contribution in [2.24, 2.45) is 5.10 Å². The highest BCUT2D eigenvalue weighted by molar-refractivity contribution is 7.71. The Morgan fingerprint density at radius 3 is 2.83 bits per heavy atom. The number of nitrogens with zero attached hydrogens (tertiary/aromatic N) is 3. The van der Waals surface area contributed by atoms with Gasteiger partial charge in [-0.1, -0.05) is 18.2 Å². The number of H-pyrrole nitrogens is 1. The third kappa shape index (κ3) is 2.91. The highest BCUT2D eigenvalue weighted by Crippen LogP contribution is 2.28. The minimum Gasteiger partial charge on any atom is -0.504 e. The fourth-order valence-electron chi connectivity index (χ4n) is 2.14. The topological polar surface area (TPSA) is 75.4 Å². The van der Waals surface area contributed by atoms with Gasteiger partial charge in [-0.2, -0.15) is 14.9 Å². The molecule has 3 aromatic rings. The molecule has 0 fully saturated rings. The summed E-state index contributed by atoms with van der Waals surface area (Å²) in [5.41, 5.74) is 0.689. The van der Waals surface area contributed by atoms with Crippen molar-refractivity contribution in [2.75, 3.05) is 7.11 Å². The molecule has 6 nitrogen and oxygen atoms in total. The molecule has 8 heteroatoms. The largest absolute Gasteiger partial charge is 0.504 e. The molecule has 1 aromatic heterocycles. The third-order valence-corrected chi connectivity index (χ3v) is 3.59. The van der Waals surface area contributed by atoms with Crippen LogP contribution in [0.25, 0.3) is 11.4 Å². The van der Waals surface area contributed by atoms with Crippen molar-refractivity contribution in [3.05, 3.63) is 58.6 Å². The summed E-state index contributed by atoms with van der Waals surface area (Å²) in [4.78, 5) is 0. The van der Waals surface area contributed by atoms with Crippen LogP contribution >= 0.6 is 12.2 Å². The first-order valence-corrected chi connectivity index (χ1v) is 7.35. The zero-order chi connectivity index (χ0) is 17.1. The van der Waals surface area contributed by atoms with Crippen LogP contribution in [0.2, 0.25) is 0 Å². The smallest absolute Gasteiger partial charge is 0.216 e. The number of ether oxygens (including phenoxy) is 1. The molecular formula is C16H13FN4O2S. The zero-order valence-corrected chi connectivity index (χ0v) is 13.4. The molecule has 0 aliphatic heterocycles. The number of nitrogens with one attached hydrogen (secondary N) is 1. The first-order chi connectivity index (χ1) is 11.6. The summed E-state index contributed by atoms with van der Waals surface area (Å²) in [5, 5.41) is 20.9. The monoisotopic (exact) mass is 344 g/mol. The Balaban J connectivity index is 2.05. The van der Waals surface area contributed by atoms with Crippen molar-refractivity contribution in [2.45, 2.75) is 0 Å². The predicted octanol–water partition coefficient (Wildman–Crippen LogP) is 3.34. The summed E-state index contributed by atoms with van der Waals surface area (Å²) in [6, 6.07) is 11.2. The molecule has 2 N–H and O–H groups in total. The van der Waals surface area contributed by atoms with Crippen LogP contribution in [-0.2, 0) is 0 Å². The molecule has 122 valence electrons. The second-order valence-corrected chi connectivity index (χ2v) is 5.17. The van der Waals surface area contributed by atoms with Gasteiger partial charge in [0.15, 0.2) is 17.3 Å². The van der Waals surface area contributed by atoms with Crippen molar-refractivity contribution in [1.82, 2.24) is 14.9 Å². The summed E-state index contributed by atoms with van der Waals surface area (Å²) < 4.78 is 20.5. The Morgan fingerprint density at radius 2 is 2.08 bits per heavy atom. The molecule has 0 unspecified atom stereocenters. The van der Waals surface area contributed by atoms with Gasteiger partial charge in [0.2, 0.25) is 4.77 Å². The van der Waals surface area contributed by atoms with Crippen LogP contribution in [0.4, 0.5) is 4.39 Å². The van der Waals surface area contributed by atoms with Gasteiger partial charge >= 0.3 is 0 Å². The second kappa shape index (κ2) is 6.63. The van der Waals surface area contributed by atoms with Crippen molar-refractivity contribution in [3.63, 3.8) is 0 Å². The number of hydrogen-bond donors (Lipinski definition) is 2. The molecule has 1 heterocycles. The SMILES string of the molecule is COc1cccc(C=Nn2c(-c3ccccc3F)n[nH]c2=S)c1O. The Morgan fingerprint density at radius 1 is 1.29 bits per heavy atom. The number of hydrogen-bond acceptors (Lipinski definition) is 5. The van der Waals surface area contributed by atoms with E-state index >= 15 is 0 Å². The first-order valence-electron chi connectivity index (χ1n) is 6.94. The van der Waals surface area contributed by atoms with E-state index in [0.717, 1.165) is 0 Å². The Labute approximate surface area is 141 Å². The molecule has 24 heavy (non-hydrogen) atoms. The summed E-state index contributed by atoms with van der Waals surface area (Å²) >= 11 is 5.13. The van der Waals surface area contributed by atoms with E-state index in [1.54, 1.807) is 36.4 Å². The van der Waals surface area contributed by atoms with Gasteiger partial charge in [-0.15, -0.1) is 0 Å². The Kier molecular flexibility index (Phi) is 4.39. The number of phenolic OH excluding ortho intramolecular Hbond substituents is 1. The van der Waals surface area contributed by atoms with Crippen molar-refractivity contribution in [3.8, 4) is 22.9 Å². The Bertz CT molecular complexity index is 965. The predicted molar refractivity (Wildman–Crippen MR) is 90.5 cm³/mol. The molecule has 0 bridgehead atoms. The van der Waals surface area contributed by atoms with Gasteiger partial charge < -0.3 is 9.84 Å². The number of phenols is 1. The van der Waals surface area contributed by atoms with Gasteiger partial charge in [-0.25, -0.2) is 9.49 Å². The van der Waals surface area contributed by atoms with E-state index in [2.05, 4.69) is 15.3 Å². The van der Waals surface area contributed by atoms with Gasteiger partial charge in [0.25, 0.3) is 0 Å². The van der Waals surface area contributed by atoms with Gasteiger partial charge in [0.05, 0.1) is 18.9 Å². The fraction of sp³-hybridized carbons (Fsp3) is 0.0625. The van der Waals surface area contributed by atoms with E-state index in [-0.39, 0.29) is 21.9 Å². The normalized spacial score (nSPS) is 11.1. The molecule has 0 radical (unpaired) electrons. The maximum Gasteiger partial charge on any atom is 0.216 e. The van der Waals surface area contributed by atoms with E-state index in [4.69, 9.17) is 17.0 Å². The van der Waals surface area contributed by atoms with Crippen LogP contribution in [-0.4, -0.2) is 33.3 Å². The van der Waals surface area contributed by atoms with Crippen LogP contribution in [0.5, 0.6) is 11.5 Å². The van der Waals surface area contributed by atoms with E-state index in [1.807, 2.05) is 0 Å². The molecule has 0 saturated carbocycles. The lowest BCUT2D eigenvalue weighted by molar-refractivity contribution is 0.373. The van der Waals surface area contributed by atoms with E-state index in [0.29, 0.717) is 11.3 Å². The van der Waals surface area contributed by atoms with Crippen molar-refractivity contribution >= 4 is 18.4 Å². The maximum absolute atomic E-state index is 14.0. The molecule has 0 amide bonds. The van der Waals surface area contributed by atoms with Crippen LogP contribution in [0.15, 0.2) is 47.6 Å². The molecule has 0 atom stereocenters. The number of aromatic hydroxyl groups is 1. The highest BCUT2D eigenvalue weighted by atomic mass is 32.1. The molecular weight excluding hydrogens is 331 g/mol. The number of para-hydroxylation sites is 1. The first kappa shape index (κ1) is 15.9. The highest BCUT2D eigenvalue weighted by Gasteiger charge is 2.12. The average molecular weight is 344 g/mol. The Hall–Kier alpha value is -3.00. The summed E-state index contributed by atoms with van der Waals surface area (Å²) in [5.74, 6) is 0.0687. The lowest BCUT2D eigenvalue weighted by Crippen LogP contribution is -1.97. The quantitative estimate of drug-likeness (QED) is 0.562. The fourth-order valence-corrected chi connectivity index (χ4v) is 2.32. The second-order valence-electron chi connectivity index (χ2n) is 4.79. The number of methoxy groups -OCH3 is 1. The van der Waals surface area contributed by atoms with Crippen LogP contribution < -0.4 is 4.74 Å². The minimum absolute atomic E-state index is 0.0498. The van der Waals surface area contributed by atoms with Crippen LogP contribution in [0.3, 0.4) is 0 Å². The molecule has 0 aliphatic rings. The van der Waals surface area contributed by atoms with Gasteiger partial charge in [0, 0.05) is 5.56 Å². The standard InChI is InChI=1S/C16H13FN4O2S/c1-23-13-8-4-5-10(14(13)22)9-18-21-15(19-20-16(21)24)11-6-2-3-7-12(11)17/h2-9,22H,1H3,(H,20,24). The number of benzene rings is 2. The number of aromatic amines is 1. The van der Waals surface area contributed by atoms with Crippen LogP contribution in [0.1, 0.15) is 5.56 Å². The van der Waals surface area contributed by atoms with Crippen LogP contribution in [0, 0.1) is 10.6 Å². The maximum atomic E-state index is 14.0. The van der Waals surface area contributed by atoms with E-state index < -0.39 is 5.82 Å². The van der Waals surface area contributed by atoms with Gasteiger partial charge in [-0.3, -0.25) is 0 Å². The molecule has 2 aromatic carbocycles. The minimum atomic E-state index is -0.438. The summed E-state index contributed by atoms with van der Waals surface area (Å²) in [6.07, 6.45) is 1.40. The van der Waals surface area contributed by atoms with Crippen molar-refractivity contribution in [1.29, 1.82) is 0 Å². The van der Waals surface area contributed by atoms with Crippen molar-refractivity contribution < 1.29 is 14.2 Å². The molecule has 0 aliphatic carbocycles. The molecule has 0 spiro atoms. The van der Waals surface area contributed by atoms with E-state index in [1.165, 1.54) is 24.1 Å². The molecule has 3 rings (SSSR count). The lowest BCUT2D eigenvalue weighted by Gasteiger charge is -2.05.